The SMILES string of the molecule is Cn1nnc(CC2CC(C(C)(C)C)CCC2O)n1. The Labute approximate surface area is 109 Å². The molecule has 0 radical (unpaired) electrons. The molecule has 3 unspecified atom stereocenters. The molecule has 1 heterocycles. The molecule has 0 saturated heterocycles. The van der Waals surface area contributed by atoms with Crippen LogP contribution >= 0.6 is 0 Å². The zero-order chi connectivity index (χ0) is 13.3. The van der Waals surface area contributed by atoms with E-state index in [4.69, 9.17) is 0 Å². The summed E-state index contributed by atoms with van der Waals surface area (Å²) in [6.45, 7) is 6.85. The summed E-state index contributed by atoms with van der Waals surface area (Å²) >= 11 is 0. The molecule has 1 aromatic rings. The van der Waals surface area contributed by atoms with Crippen LogP contribution in [0.3, 0.4) is 0 Å². The maximum atomic E-state index is 10.1. The predicted octanol–water partition coefficient (Wildman–Crippen LogP) is 1.58. The van der Waals surface area contributed by atoms with Crippen molar-refractivity contribution in [2.24, 2.45) is 24.3 Å². The highest BCUT2D eigenvalue weighted by atomic mass is 16.3. The molecule has 0 amide bonds. The Morgan fingerprint density at radius 1 is 1.33 bits per heavy atom. The summed E-state index contributed by atoms with van der Waals surface area (Å²) in [5.74, 6) is 1.69. The van der Waals surface area contributed by atoms with Gasteiger partial charge in [0.15, 0.2) is 5.82 Å². The number of aryl methyl sites for hydroxylation is 1. The number of tetrazole rings is 1. The van der Waals surface area contributed by atoms with Gasteiger partial charge in [0.2, 0.25) is 0 Å². The Kier molecular flexibility index (Phi) is 3.71. The molecule has 102 valence electrons. The van der Waals surface area contributed by atoms with E-state index in [-0.39, 0.29) is 12.0 Å². The van der Waals surface area contributed by atoms with Gasteiger partial charge in [-0.15, -0.1) is 10.2 Å². The molecule has 0 aromatic carbocycles. The molecule has 5 nitrogen and oxygen atoms in total. The summed E-state index contributed by atoms with van der Waals surface area (Å²) in [6, 6.07) is 0. The first-order valence-electron chi connectivity index (χ1n) is 6.77. The second-order valence-corrected chi connectivity index (χ2v) is 6.60. The summed E-state index contributed by atoms with van der Waals surface area (Å²) in [7, 11) is 1.77. The molecule has 5 heteroatoms. The van der Waals surface area contributed by atoms with Gasteiger partial charge in [-0.25, -0.2) is 0 Å². The van der Waals surface area contributed by atoms with Crippen molar-refractivity contribution in [3.8, 4) is 0 Å². The number of hydrogen-bond donors (Lipinski definition) is 1. The quantitative estimate of drug-likeness (QED) is 0.868. The maximum absolute atomic E-state index is 10.1. The lowest BCUT2D eigenvalue weighted by Crippen LogP contribution is -2.35. The normalized spacial score (nSPS) is 29.5. The van der Waals surface area contributed by atoms with Crippen LogP contribution in [-0.2, 0) is 13.5 Å². The molecule has 0 spiro atoms. The fourth-order valence-corrected chi connectivity index (χ4v) is 2.89. The fraction of sp³-hybridized carbons (Fsp3) is 0.923. The minimum Gasteiger partial charge on any atom is -0.393 e. The van der Waals surface area contributed by atoms with E-state index < -0.39 is 0 Å². The Bertz CT molecular complexity index is 396. The summed E-state index contributed by atoms with van der Waals surface area (Å²) in [4.78, 5) is 1.48. The first-order chi connectivity index (χ1) is 8.36. The average molecular weight is 252 g/mol. The van der Waals surface area contributed by atoms with Gasteiger partial charge in [-0.3, -0.25) is 0 Å². The van der Waals surface area contributed by atoms with Crippen LogP contribution in [0.25, 0.3) is 0 Å². The number of aliphatic hydroxyl groups is 1. The van der Waals surface area contributed by atoms with E-state index in [0.29, 0.717) is 11.3 Å². The highest BCUT2D eigenvalue weighted by molar-refractivity contribution is 4.91. The third kappa shape index (κ3) is 3.07. The van der Waals surface area contributed by atoms with Crippen molar-refractivity contribution in [1.29, 1.82) is 0 Å². The highest BCUT2D eigenvalue weighted by Crippen LogP contribution is 2.41. The molecule has 1 aromatic heterocycles. The second kappa shape index (κ2) is 4.96. The largest absolute Gasteiger partial charge is 0.393 e. The van der Waals surface area contributed by atoms with Crippen molar-refractivity contribution >= 4 is 0 Å². The number of hydrogen-bond acceptors (Lipinski definition) is 4. The number of nitrogens with zero attached hydrogens (tertiary/aromatic N) is 4. The van der Waals surface area contributed by atoms with Crippen LogP contribution in [0.2, 0.25) is 0 Å². The van der Waals surface area contributed by atoms with Crippen LogP contribution in [0.4, 0.5) is 0 Å². The average Bonchev–Trinajstić information content (AvgIpc) is 2.66. The van der Waals surface area contributed by atoms with Crippen LogP contribution in [0.15, 0.2) is 0 Å². The lowest BCUT2D eigenvalue weighted by atomic mass is 9.67. The van der Waals surface area contributed by atoms with Crippen molar-refractivity contribution < 1.29 is 5.11 Å². The lowest BCUT2D eigenvalue weighted by Gasteiger charge is -2.39. The Morgan fingerprint density at radius 2 is 2.06 bits per heavy atom. The van der Waals surface area contributed by atoms with Crippen LogP contribution in [0.1, 0.15) is 45.9 Å². The van der Waals surface area contributed by atoms with E-state index >= 15 is 0 Å². The molecule has 1 N–H and O–H groups in total. The van der Waals surface area contributed by atoms with Gasteiger partial charge in [-0.2, -0.15) is 4.80 Å². The van der Waals surface area contributed by atoms with E-state index in [2.05, 4.69) is 36.2 Å². The smallest absolute Gasteiger partial charge is 0.175 e. The first kappa shape index (κ1) is 13.5. The van der Waals surface area contributed by atoms with Gasteiger partial charge in [-0.1, -0.05) is 20.8 Å². The van der Waals surface area contributed by atoms with E-state index in [9.17, 15) is 5.11 Å². The molecule has 0 bridgehead atoms. The van der Waals surface area contributed by atoms with E-state index in [0.717, 1.165) is 31.5 Å². The van der Waals surface area contributed by atoms with Crippen molar-refractivity contribution in [1.82, 2.24) is 20.2 Å². The topological polar surface area (TPSA) is 63.8 Å². The first-order valence-corrected chi connectivity index (χ1v) is 6.77. The zero-order valence-electron chi connectivity index (χ0n) is 11.8. The fourth-order valence-electron chi connectivity index (χ4n) is 2.89. The maximum Gasteiger partial charge on any atom is 0.175 e. The molecule has 2 rings (SSSR count). The summed E-state index contributed by atoms with van der Waals surface area (Å²) < 4.78 is 0. The van der Waals surface area contributed by atoms with Gasteiger partial charge in [0, 0.05) is 6.42 Å². The molecule has 1 aliphatic rings. The molecular weight excluding hydrogens is 228 g/mol. The number of aliphatic hydroxyl groups excluding tert-OH is 1. The van der Waals surface area contributed by atoms with Gasteiger partial charge >= 0.3 is 0 Å². The van der Waals surface area contributed by atoms with Crippen molar-refractivity contribution in [2.75, 3.05) is 0 Å². The lowest BCUT2D eigenvalue weighted by molar-refractivity contribution is 0.0188. The van der Waals surface area contributed by atoms with E-state index in [1.165, 1.54) is 4.80 Å². The number of rotatable bonds is 2. The third-order valence-electron chi connectivity index (χ3n) is 4.16. The van der Waals surface area contributed by atoms with Gasteiger partial charge in [0.1, 0.15) is 0 Å². The minimum absolute atomic E-state index is 0.215. The second-order valence-electron chi connectivity index (χ2n) is 6.60. The van der Waals surface area contributed by atoms with Crippen molar-refractivity contribution in [3.63, 3.8) is 0 Å². The summed E-state index contributed by atoms with van der Waals surface area (Å²) in [5.41, 5.74) is 0.314. The Balaban J connectivity index is 2.02. The van der Waals surface area contributed by atoms with Gasteiger partial charge in [0.25, 0.3) is 0 Å². The van der Waals surface area contributed by atoms with Crippen LogP contribution in [0, 0.1) is 17.3 Å². The van der Waals surface area contributed by atoms with Crippen molar-refractivity contribution in [2.45, 2.75) is 52.6 Å². The van der Waals surface area contributed by atoms with Gasteiger partial charge < -0.3 is 5.11 Å². The van der Waals surface area contributed by atoms with Gasteiger partial charge in [0.05, 0.1) is 13.2 Å². The minimum atomic E-state index is -0.215. The summed E-state index contributed by atoms with van der Waals surface area (Å²) in [6.07, 6.45) is 3.60. The molecule has 0 aliphatic heterocycles. The van der Waals surface area contributed by atoms with Crippen LogP contribution in [0.5, 0.6) is 0 Å². The van der Waals surface area contributed by atoms with Gasteiger partial charge in [-0.05, 0) is 41.7 Å². The molecular formula is C13H24N4O. The molecule has 1 aliphatic carbocycles. The highest BCUT2D eigenvalue weighted by Gasteiger charge is 2.35. The molecule has 1 saturated carbocycles. The third-order valence-corrected chi connectivity index (χ3v) is 4.16. The van der Waals surface area contributed by atoms with E-state index in [1.54, 1.807) is 7.05 Å². The predicted molar refractivity (Wildman–Crippen MR) is 68.8 cm³/mol. The Morgan fingerprint density at radius 3 is 2.61 bits per heavy atom. The summed E-state index contributed by atoms with van der Waals surface area (Å²) in [5, 5.41) is 22.2. The zero-order valence-corrected chi connectivity index (χ0v) is 11.8. The monoisotopic (exact) mass is 252 g/mol. The van der Waals surface area contributed by atoms with E-state index in [1.807, 2.05) is 0 Å². The molecule has 18 heavy (non-hydrogen) atoms. The van der Waals surface area contributed by atoms with Crippen LogP contribution < -0.4 is 0 Å². The Hall–Kier alpha value is -0.970. The molecule has 1 fully saturated rings. The standard InChI is InChI=1S/C13H24N4O/c1-13(2,3)10-5-6-11(18)9(7-10)8-12-14-16-17(4)15-12/h9-11,18H,5-8H2,1-4H3. The van der Waals surface area contributed by atoms with Crippen molar-refractivity contribution in [3.05, 3.63) is 5.82 Å². The number of aromatic nitrogens is 4. The van der Waals surface area contributed by atoms with Crippen LogP contribution in [-0.4, -0.2) is 31.4 Å². The molecule has 3 atom stereocenters.